The summed E-state index contributed by atoms with van der Waals surface area (Å²) in [6, 6.07) is 5.20. The highest BCUT2D eigenvalue weighted by atomic mass is 32.1. The van der Waals surface area contributed by atoms with E-state index >= 15 is 0 Å². The molecule has 0 fully saturated rings. The number of aryl methyl sites for hydroxylation is 1. The smallest absolute Gasteiger partial charge is 0.187 e. The number of nitrogen functional groups attached to an aromatic ring is 1. The molecular weight excluding hydrogens is 346 g/mol. The van der Waals surface area contributed by atoms with Crippen LogP contribution in [0.25, 0.3) is 10.6 Å². The van der Waals surface area contributed by atoms with Crippen LogP contribution in [0.5, 0.6) is 5.75 Å². The minimum absolute atomic E-state index is 0.524. The fourth-order valence-electron chi connectivity index (χ4n) is 2.21. The Morgan fingerprint density at radius 2 is 2.12 bits per heavy atom. The predicted octanol–water partition coefficient (Wildman–Crippen LogP) is 2.86. The van der Waals surface area contributed by atoms with Crippen molar-refractivity contribution in [3.05, 3.63) is 34.8 Å². The van der Waals surface area contributed by atoms with Gasteiger partial charge in [-0.25, -0.2) is 9.97 Å². The molecule has 6 N–H and O–H groups in total. The fourth-order valence-corrected chi connectivity index (χ4v) is 3.80. The number of nitrogens with zero attached hydrogens (tertiary/aromatic N) is 2. The number of rotatable bonds is 5. The first-order valence-corrected chi connectivity index (χ1v) is 8.75. The van der Waals surface area contributed by atoms with Gasteiger partial charge in [-0.2, -0.15) is 0 Å². The van der Waals surface area contributed by atoms with E-state index in [9.17, 15) is 5.11 Å². The molecule has 0 radical (unpaired) electrons. The van der Waals surface area contributed by atoms with Crippen LogP contribution in [-0.2, 0) is 0 Å². The molecule has 2 heterocycles. The van der Waals surface area contributed by atoms with Gasteiger partial charge < -0.3 is 26.6 Å². The summed E-state index contributed by atoms with van der Waals surface area (Å²) >= 11 is 2.87. The summed E-state index contributed by atoms with van der Waals surface area (Å²) in [7, 11) is 1.58. The number of anilines is 3. The van der Waals surface area contributed by atoms with Gasteiger partial charge in [0.15, 0.2) is 10.3 Å². The Kier molecular flexibility index (Phi) is 4.67. The van der Waals surface area contributed by atoms with Crippen LogP contribution in [0.2, 0.25) is 0 Å². The normalized spacial score (nSPS) is 12.2. The zero-order valence-electron chi connectivity index (χ0n) is 13.1. The van der Waals surface area contributed by atoms with Crippen molar-refractivity contribution in [2.75, 3.05) is 18.2 Å². The van der Waals surface area contributed by atoms with E-state index < -0.39 is 6.23 Å². The van der Waals surface area contributed by atoms with Crippen molar-refractivity contribution in [3.8, 4) is 16.3 Å². The molecule has 24 heavy (non-hydrogen) atoms. The lowest BCUT2D eigenvalue weighted by Gasteiger charge is -2.12. The molecule has 1 unspecified atom stereocenters. The zero-order chi connectivity index (χ0) is 17.3. The quantitative estimate of drug-likeness (QED) is 0.515. The summed E-state index contributed by atoms with van der Waals surface area (Å²) in [6.07, 6.45) is -1.05. The maximum atomic E-state index is 9.54. The van der Waals surface area contributed by atoms with E-state index in [4.69, 9.17) is 16.2 Å². The summed E-state index contributed by atoms with van der Waals surface area (Å²) in [5, 5.41) is 15.9. The minimum atomic E-state index is -1.05. The molecule has 0 amide bonds. The summed E-state index contributed by atoms with van der Waals surface area (Å²) in [5.41, 5.74) is 14.2. The molecular formula is C15H17N5O2S2. The van der Waals surface area contributed by atoms with Crippen molar-refractivity contribution >= 4 is 38.6 Å². The summed E-state index contributed by atoms with van der Waals surface area (Å²) < 4.78 is 5.33. The van der Waals surface area contributed by atoms with Crippen molar-refractivity contribution in [2.24, 2.45) is 5.73 Å². The Morgan fingerprint density at radius 1 is 1.33 bits per heavy atom. The van der Waals surface area contributed by atoms with Gasteiger partial charge >= 0.3 is 0 Å². The first-order chi connectivity index (χ1) is 11.5. The van der Waals surface area contributed by atoms with Crippen molar-refractivity contribution < 1.29 is 9.84 Å². The van der Waals surface area contributed by atoms with Crippen molar-refractivity contribution in [1.29, 1.82) is 0 Å². The van der Waals surface area contributed by atoms with Crippen molar-refractivity contribution in [1.82, 2.24) is 9.97 Å². The lowest BCUT2D eigenvalue weighted by atomic mass is 10.1. The molecule has 0 aliphatic rings. The summed E-state index contributed by atoms with van der Waals surface area (Å²) in [4.78, 5) is 9.74. The highest BCUT2D eigenvalue weighted by molar-refractivity contribution is 7.19. The third-order valence-corrected chi connectivity index (χ3v) is 5.12. The number of aliphatic hydroxyl groups excluding tert-OH is 1. The number of methoxy groups -OCH3 is 1. The molecule has 0 spiro atoms. The van der Waals surface area contributed by atoms with Gasteiger partial charge in [0.2, 0.25) is 0 Å². The molecule has 0 aliphatic heterocycles. The lowest BCUT2D eigenvalue weighted by Crippen LogP contribution is -2.09. The van der Waals surface area contributed by atoms with E-state index in [0.29, 0.717) is 27.3 Å². The highest BCUT2D eigenvalue weighted by Crippen LogP contribution is 2.36. The lowest BCUT2D eigenvalue weighted by molar-refractivity contribution is 0.186. The van der Waals surface area contributed by atoms with Crippen LogP contribution >= 0.6 is 22.7 Å². The monoisotopic (exact) mass is 363 g/mol. The number of benzene rings is 1. The van der Waals surface area contributed by atoms with Gasteiger partial charge in [-0.15, -0.1) is 11.3 Å². The number of ether oxygens (including phenoxy) is 1. The molecule has 0 bridgehead atoms. The van der Waals surface area contributed by atoms with Crippen LogP contribution in [0, 0.1) is 6.92 Å². The number of aromatic nitrogens is 2. The molecule has 7 nitrogen and oxygen atoms in total. The second kappa shape index (κ2) is 6.73. The summed E-state index contributed by atoms with van der Waals surface area (Å²) in [6.45, 7) is 1.91. The van der Waals surface area contributed by atoms with Gasteiger partial charge in [0.1, 0.15) is 12.0 Å². The van der Waals surface area contributed by atoms with E-state index in [0.717, 1.165) is 16.3 Å². The first kappa shape index (κ1) is 16.7. The zero-order valence-corrected chi connectivity index (χ0v) is 14.7. The number of nitrogens with two attached hydrogens (primary N) is 2. The molecule has 126 valence electrons. The third kappa shape index (κ3) is 3.34. The van der Waals surface area contributed by atoms with Crippen molar-refractivity contribution in [2.45, 2.75) is 13.2 Å². The molecule has 0 saturated carbocycles. The van der Waals surface area contributed by atoms with E-state index in [-0.39, 0.29) is 0 Å². The van der Waals surface area contributed by atoms with Crippen LogP contribution in [0.4, 0.5) is 16.0 Å². The van der Waals surface area contributed by atoms with Crippen LogP contribution in [0.1, 0.15) is 17.5 Å². The molecule has 3 rings (SSSR count). The largest absolute Gasteiger partial charge is 0.495 e. The SMILES string of the molecule is COc1ccc(C(N)O)cc1Nc1nc(-c2sc(N)nc2C)cs1. The molecule has 1 atom stereocenters. The van der Waals surface area contributed by atoms with Gasteiger partial charge in [-0.3, -0.25) is 0 Å². The first-order valence-electron chi connectivity index (χ1n) is 7.05. The molecule has 9 heteroatoms. The molecule has 2 aromatic heterocycles. The van der Waals surface area contributed by atoms with Crippen molar-refractivity contribution in [3.63, 3.8) is 0 Å². The maximum absolute atomic E-state index is 9.54. The van der Waals surface area contributed by atoms with E-state index in [1.54, 1.807) is 25.3 Å². The van der Waals surface area contributed by atoms with Gasteiger partial charge in [0.05, 0.1) is 29.1 Å². The average Bonchev–Trinajstić information content (AvgIpc) is 3.13. The Labute approximate surface area is 146 Å². The van der Waals surface area contributed by atoms with Crippen LogP contribution in [-0.4, -0.2) is 22.2 Å². The van der Waals surface area contributed by atoms with Gasteiger partial charge in [0, 0.05) is 5.38 Å². The van der Waals surface area contributed by atoms with Crippen LogP contribution < -0.4 is 21.5 Å². The fraction of sp³-hybridized carbons (Fsp3) is 0.200. The van der Waals surface area contributed by atoms with Gasteiger partial charge in [-0.1, -0.05) is 17.4 Å². The minimum Gasteiger partial charge on any atom is -0.495 e. The number of aliphatic hydroxyl groups is 1. The standard InChI is InChI=1S/C15H17N5O2S2/c1-7-12(24-14(17)18-7)10-6-23-15(20-10)19-9-5-8(13(16)21)3-4-11(9)22-2/h3-6,13,21H,16H2,1-2H3,(H2,17,18)(H,19,20). The Morgan fingerprint density at radius 3 is 2.75 bits per heavy atom. The van der Waals surface area contributed by atoms with E-state index in [1.165, 1.54) is 22.7 Å². The topological polar surface area (TPSA) is 119 Å². The third-order valence-electron chi connectivity index (χ3n) is 3.36. The average molecular weight is 363 g/mol. The number of thiazole rings is 2. The van der Waals surface area contributed by atoms with Crippen LogP contribution in [0.3, 0.4) is 0 Å². The summed E-state index contributed by atoms with van der Waals surface area (Å²) in [5.74, 6) is 0.634. The Bertz CT molecular complexity index is 859. The number of hydrogen-bond donors (Lipinski definition) is 4. The van der Waals surface area contributed by atoms with Crippen LogP contribution in [0.15, 0.2) is 23.6 Å². The highest BCUT2D eigenvalue weighted by Gasteiger charge is 2.14. The second-order valence-electron chi connectivity index (χ2n) is 5.03. The Balaban J connectivity index is 1.89. The van der Waals surface area contributed by atoms with E-state index in [2.05, 4.69) is 15.3 Å². The predicted molar refractivity (Wildman–Crippen MR) is 97.8 cm³/mol. The number of nitrogens with one attached hydrogen (secondary N) is 1. The number of hydrogen-bond acceptors (Lipinski definition) is 9. The second-order valence-corrected chi connectivity index (χ2v) is 6.92. The van der Waals surface area contributed by atoms with Gasteiger partial charge in [0.25, 0.3) is 0 Å². The molecule has 3 aromatic rings. The Hall–Kier alpha value is -2.20. The molecule has 0 aliphatic carbocycles. The van der Waals surface area contributed by atoms with E-state index in [1.807, 2.05) is 12.3 Å². The van der Waals surface area contributed by atoms with Gasteiger partial charge in [-0.05, 0) is 24.6 Å². The molecule has 0 saturated heterocycles. The molecule has 1 aromatic carbocycles. The maximum Gasteiger partial charge on any atom is 0.187 e.